The number of nitrogens with zero attached hydrogens (tertiary/aromatic N) is 1. The van der Waals surface area contributed by atoms with Gasteiger partial charge in [0.1, 0.15) is 10.6 Å². The lowest BCUT2D eigenvalue weighted by Gasteiger charge is -2.26. The van der Waals surface area contributed by atoms with Crippen LogP contribution in [0.15, 0.2) is 18.2 Å². The Labute approximate surface area is 150 Å². The maximum absolute atomic E-state index is 12.4. The van der Waals surface area contributed by atoms with E-state index in [0.717, 1.165) is 55.1 Å². The van der Waals surface area contributed by atoms with Crippen LogP contribution in [0.4, 0.5) is 0 Å². The molecule has 1 saturated heterocycles. The minimum Gasteiger partial charge on any atom is -0.497 e. The van der Waals surface area contributed by atoms with E-state index in [4.69, 9.17) is 21.1 Å². The van der Waals surface area contributed by atoms with Crippen molar-refractivity contribution in [2.45, 2.75) is 6.42 Å². The lowest BCUT2D eigenvalue weighted by molar-refractivity contribution is 0.0374. The summed E-state index contributed by atoms with van der Waals surface area (Å²) in [4.78, 5) is 15.3. The molecular weight excluding hydrogens is 348 g/mol. The van der Waals surface area contributed by atoms with E-state index in [1.165, 1.54) is 11.3 Å². The molecule has 1 aliphatic heterocycles. The first kappa shape index (κ1) is 17.5. The molecule has 130 valence electrons. The van der Waals surface area contributed by atoms with Gasteiger partial charge in [-0.25, -0.2) is 0 Å². The minimum atomic E-state index is -0.109. The lowest BCUT2D eigenvalue weighted by atomic mass is 10.2. The summed E-state index contributed by atoms with van der Waals surface area (Å²) in [6.45, 7) is 5.15. The van der Waals surface area contributed by atoms with Crippen molar-refractivity contribution in [3.05, 3.63) is 28.1 Å². The molecule has 7 heteroatoms. The monoisotopic (exact) mass is 368 g/mol. The summed E-state index contributed by atoms with van der Waals surface area (Å²) < 4.78 is 11.5. The molecule has 1 fully saturated rings. The van der Waals surface area contributed by atoms with Gasteiger partial charge in [-0.3, -0.25) is 9.69 Å². The normalized spacial score (nSPS) is 15.6. The Bertz CT molecular complexity index is 713. The number of thiophene rings is 1. The van der Waals surface area contributed by atoms with E-state index in [2.05, 4.69) is 10.2 Å². The third-order valence-corrected chi connectivity index (χ3v) is 5.76. The van der Waals surface area contributed by atoms with Crippen molar-refractivity contribution < 1.29 is 14.3 Å². The number of morpholine rings is 1. The zero-order chi connectivity index (χ0) is 16.9. The maximum atomic E-state index is 12.4. The summed E-state index contributed by atoms with van der Waals surface area (Å²) in [5, 5.41) is 4.33. The molecule has 1 aromatic heterocycles. The van der Waals surface area contributed by atoms with Crippen molar-refractivity contribution in [3.63, 3.8) is 0 Å². The van der Waals surface area contributed by atoms with Gasteiger partial charge in [0.2, 0.25) is 0 Å². The van der Waals surface area contributed by atoms with E-state index >= 15 is 0 Å². The summed E-state index contributed by atoms with van der Waals surface area (Å²) in [5.41, 5.74) is 0. The Kier molecular flexibility index (Phi) is 5.94. The van der Waals surface area contributed by atoms with Crippen molar-refractivity contribution >= 4 is 38.9 Å². The maximum Gasteiger partial charge on any atom is 0.262 e. The summed E-state index contributed by atoms with van der Waals surface area (Å²) >= 11 is 7.80. The zero-order valence-electron chi connectivity index (χ0n) is 13.6. The average Bonchev–Trinajstić information content (AvgIpc) is 2.95. The molecule has 0 radical (unpaired) electrons. The van der Waals surface area contributed by atoms with Crippen LogP contribution in [-0.4, -0.2) is 57.3 Å². The highest BCUT2D eigenvalue weighted by molar-refractivity contribution is 7.21. The van der Waals surface area contributed by atoms with Gasteiger partial charge in [0.25, 0.3) is 5.91 Å². The Morgan fingerprint density at radius 3 is 2.96 bits per heavy atom. The van der Waals surface area contributed by atoms with Crippen LogP contribution in [0.25, 0.3) is 10.1 Å². The largest absolute Gasteiger partial charge is 0.497 e. The van der Waals surface area contributed by atoms with Crippen molar-refractivity contribution in [1.29, 1.82) is 0 Å². The molecule has 0 aliphatic carbocycles. The third-order valence-electron chi connectivity index (χ3n) is 4.08. The fraction of sp³-hybridized carbons (Fsp3) is 0.471. The highest BCUT2D eigenvalue weighted by atomic mass is 35.5. The van der Waals surface area contributed by atoms with Crippen molar-refractivity contribution in [1.82, 2.24) is 10.2 Å². The topological polar surface area (TPSA) is 50.8 Å². The minimum absolute atomic E-state index is 0.109. The average molecular weight is 369 g/mol. The van der Waals surface area contributed by atoms with Crippen LogP contribution in [0.3, 0.4) is 0 Å². The van der Waals surface area contributed by atoms with Crippen LogP contribution >= 0.6 is 22.9 Å². The van der Waals surface area contributed by atoms with Crippen LogP contribution in [0.5, 0.6) is 5.75 Å². The lowest BCUT2D eigenvalue weighted by Crippen LogP contribution is -2.38. The molecule has 24 heavy (non-hydrogen) atoms. The van der Waals surface area contributed by atoms with Gasteiger partial charge in [0, 0.05) is 29.7 Å². The molecule has 1 amide bonds. The number of carbonyl (C=O) groups is 1. The molecule has 2 heterocycles. The number of hydrogen-bond acceptors (Lipinski definition) is 5. The second kappa shape index (κ2) is 8.16. The number of rotatable bonds is 6. The van der Waals surface area contributed by atoms with Gasteiger partial charge in [-0.05, 0) is 31.2 Å². The van der Waals surface area contributed by atoms with Crippen molar-refractivity contribution in [3.8, 4) is 5.75 Å². The van der Waals surface area contributed by atoms with Crippen molar-refractivity contribution in [2.75, 3.05) is 46.5 Å². The van der Waals surface area contributed by atoms with Gasteiger partial charge in [0.05, 0.1) is 25.3 Å². The van der Waals surface area contributed by atoms with Crippen molar-refractivity contribution in [2.24, 2.45) is 0 Å². The molecule has 3 rings (SSSR count). The van der Waals surface area contributed by atoms with E-state index in [-0.39, 0.29) is 5.91 Å². The number of methoxy groups -OCH3 is 1. The van der Waals surface area contributed by atoms with Crippen LogP contribution in [0, 0.1) is 0 Å². The van der Waals surface area contributed by atoms with Gasteiger partial charge in [-0.1, -0.05) is 11.6 Å². The Balaban J connectivity index is 1.56. The summed E-state index contributed by atoms with van der Waals surface area (Å²) in [5.74, 6) is 0.627. The predicted molar refractivity (Wildman–Crippen MR) is 97.6 cm³/mol. The highest BCUT2D eigenvalue weighted by Gasteiger charge is 2.17. The SMILES string of the molecule is COc1ccc2sc(C(=O)NCCCN3CCOCC3)c(Cl)c2c1. The summed E-state index contributed by atoms with van der Waals surface area (Å²) in [7, 11) is 1.61. The zero-order valence-corrected chi connectivity index (χ0v) is 15.2. The first-order chi connectivity index (χ1) is 11.7. The Hall–Kier alpha value is -1.34. The van der Waals surface area contributed by atoms with Crippen LogP contribution < -0.4 is 10.1 Å². The van der Waals surface area contributed by atoms with E-state index in [0.29, 0.717) is 16.4 Å². The molecular formula is C17H21ClN2O3S. The highest BCUT2D eigenvalue weighted by Crippen LogP contribution is 2.37. The quantitative estimate of drug-likeness (QED) is 0.796. The van der Waals surface area contributed by atoms with Gasteiger partial charge in [-0.15, -0.1) is 11.3 Å². The van der Waals surface area contributed by atoms with E-state index in [1.54, 1.807) is 7.11 Å². The Morgan fingerprint density at radius 1 is 1.42 bits per heavy atom. The summed E-state index contributed by atoms with van der Waals surface area (Å²) in [6.07, 6.45) is 0.919. The fourth-order valence-electron chi connectivity index (χ4n) is 2.73. The molecule has 0 saturated carbocycles. The molecule has 1 aromatic carbocycles. The standard InChI is InChI=1S/C17H21ClN2O3S/c1-22-12-3-4-14-13(11-12)15(18)16(24-14)17(21)19-5-2-6-20-7-9-23-10-8-20/h3-4,11H,2,5-10H2,1H3,(H,19,21). The third kappa shape index (κ3) is 4.00. The van der Waals surface area contributed by atoms with Gasteiger partial charge < -0.3 is 14.8 Å². The second-order valence-corrected chi connectivity index (χ2v) is 7.10. The number of nitrogens with one attached hydrogen (secondary N) is 1. The molecule has 0 spiro atoms. The first-order valence-corrected chi connectivity index (χ1v) is 9.23. The van der Waals surface area contributed by atoms with E-state index in [1.807, 2.05) is 18.2 Å². The Morgan fingerprint density at radius 2 is 2.21 bits per heavy atom. The smallest absolute Gasteiger partial charge is 0.262 e. The molecule has 2 aromatic rings. The number of carbonyl (C=O) groups excluding carboxylic acids is 1. The molecule has 1 N–H and O–H groups in total. The van der Waals surface area contributed by atoms with E-state index < -0.39 is 0 Å². The number of halogens is 1. The number of amides is 1. The molecule has 0 atom stereocenters. The first-order valence-electron chi connectivity index (χ1n) is 8.03. The molecule has 0 unspecified atom stereocenters. The van der Waals surface area contributed by atoms with Gasteiger partial charge in [-0.2, -0.15) is 0 Å². The fourth-order valence-corrected chi connectivity index (χ4v) is 4.13. The predicted octanol–water partition coefficient (Wildman–Crippen LogP) is 3.02. The summed E-state index contributed by atoms with van der Waals surface area (Å²) in [6, 6.07) is 5.67. The number of hydrogen-bond donors (Lipinski definition) is 1. The number of fused-ring (bicyclic) bond motifs is 1. The number of benzene rings is 1. The molecule has 1 aliphatic rings. The van der Waals surface area contributed by atoms with Crippen LogP contribution in [0.2, 0.25) is 5.02 Å². The molecule has 0 bridgehead atoms. The molecule has 5 nitrogen and oxygen atoms in total. The number of ether oxygens (including phenoxy) is 2. The van der Waals surface area contributed by atoms with Gasteiger partial charge in [0.15, 0.2) is 0 Å². The van der Waals surface area contributed by atoms with Crippen LogP contribution in [0.1, 0.15) is 16.1 Å². The van der Waals surface area contributed by atoms with E-state index in [9.17, 15) is 4.79 Å². The van der Waals surface area contributed by atoms with Gasteiger partial charge >= 0.3 is 0 Å². The van der Waals surface area contributed by atoms with Crippen LogP contribution in [-0.2, 0) is 4.74 Å². The second-order valence-electron chi connectivity index (χ2n) is 5.67.